The van der Waals surface area contributed by atoms with E-state index in [4.69, 9.17) is 4.84 Å². The summed E-state index contributed by atoms with van der Waals surface area (Å²) in [6, 6.07) is 0. The van der Waals surface area contributed by atoms with Gasteiger partial charge in [-0.1, -0.05) is 39.3 Å². The predicted octanol–water partition coefficient (Wildman–Crippen LogP) is 4.75. The van der Waals surface area contributed by atoms with E-state index >= 15 is 0 Å². The number of ketones is 1. The molecule has 132 valence electrons. The lowest BCUT2D eigenvalue weighted by Crippen LogP contribution is -2.31. The Morgan fingerprint density at radius 3 is 2.70 bits per heavy atom. The molecule has 0 aromatic heterocycles. The molecule has 0 aromatic rings. The summed E-state index contributed by atoms with van der Waals surface area (Å²) in [5, 5.41) is 15.2. The van der Waals surface area contributed by atoms with Crippen molar-refractivity contribution >= 4 is 23.3 Å². The lowest BCUT2D eigenvalue weighted by molar-refractivity contribution is -0.117. The Labute approximate surface area is 144 Å². The summed E-state index contributed by atoms with van der Waals surface area (Å²) in [6.45, 7) is 10.7. The first-order valence-corrected chi connectivity index (χ1v) is 9.78. The fourth-order valence-electron chi connectivity index (χ4n) is 3.08. The average molecular weight is 342 g/mol. The van der Waals surface area contributed by atoms with Crippen LogP contribution in [0.25, 0.3) is 0 Å². The van der Waals surface area contributed by atoms with Crippen LogP contribution in [0.5, 0.6) is 0 Å². The van der Waals surface area contributed by atoms with Crippen molar-refractivity contribution in [1.82, 2.24) is 0 Å². The van der Waals surface area contributed by atoms with Crippen molar-refractivity contribution in [3.8, 4) is 0 Å². The molecule has 3 unspecified atom stereocenters. The minimum absolute atomic E-state index is 0.00574. The van der Waals surface area contributed by atoms with E-state index in [2.05, 4.69) is 19.0 Å². The van der Waals surface area contributed by atoms with Crippen LogP contribution >= 0.6 is 11.8 Å². The fourth-order valence-corrected chi connectivity index (χ4v) is 4.03. The SMILES string of the molecule is CCCC(=NOCC)C1=C(O)C(C)C(CC(C)SCC)CC1=O. The number of carbonyl (C=O) groups is 1. The second-order valence-electron chi connectivity index (χ2n) is 6.14. The van der Waals surface area contributed by atoms with Crippen molar-refractivity contribution in [2.24, 2.45) is 17.0 Å². The van der Waals surface area contributed by atoms with Crippen molar-refractivity contribution in [3.63, 3.8) is 0 Å². The van der Waals surface area contributed by atoms with Crippen LogP contribution in [0, 0.1) is 11.8 Å². The predicted molar refractivity (Wildman–Crippen MR) is 98.1 cm³/mol. The number of thioether (sulfide) groups is 1. The van der Waals surface area contributed by atoms with Crippen molar-refractivity contribution in [2.45, 2.75) is 65.6 Å². The molecule has 0 amide bonds. The van der Waals surface area contributed by atoms with Gasteiger partial charge in [0, 0.05) is 17.6 Å². The summed E-state index contributed by atoms with van der Waals surface area (Å²) in [5.74, 6) is 1.48. The number of hydrogen-bond acceptors (Lipinski definition) is 5. The minimum atomic E-state index is -0.00807. The highest BCUT2D eigenvalue weighted by Crippen LogP contribution is 2.37. The molecule has 0 aromatic carbocycles. The van der Waals surface area contributed by atoms with Crippen LogP contribution in [0.15, 0.2) is 16.5 Å². The molecular weight excluding hydrogens is 310 g/mol. The minimum Gasteiger partial charge on any atom is -0.511 e. The first-order chi connectivity index (χ1) is 11.0. The Balaban J connectivity index is 3.00. The lowest BCUT2D eigenvalue weighted by atomic mass is 9.76. The lowest BCUT2D eigenvalue weighted by Gasteiger charge is -2.31. The van der Waals surface area contributed by atoms with Gasteiger partial charge in [0.05, 0.1) is 11.3 Å². The number of carbonyl (C=O) groups excluding carboxylic acids is 1. The van der Waals surface area contributed by atoms with Gasteiger partial charge >= 0.3 is 0 Å². The van der Waals surface area contributed by atoms with E-state index in [9.17, 15) is 9.90 Å². The molecule has 0 heterocycles. The Hall–Kier alpha value is -0.970. The third-order valence-corrected chi connectivity index (χ3v) is 5.38. The summed E-state index contributed by atoms with van der Waals surface area (Å²) >= 11 is 1.90. The first-order valence-electron chi connectivity index (χ1n) is 8.73. The molecular formula is C18H31NO3S. The Morgan fingerprint density at radius 1 is 1.43 bits per heavy atom. The second kappa shape index (κ2) is 10.0. The Kier molecular flexibility index (Phi) is 8.74. The van der Waals surface area contributed by atoms with E-state index in [0.717, 1.165) is 18.6 Å². The Bertz CT molecular complexity index is 459. The number of aliphatic hydroxyl groups is 1. The monoisotopic (exact) mass is 341 g/mol. The molecule has 0 radical (unpaired) electrons. The molecule has 0 saturated carbocycles. The van der Waals surface area contributed by atoms with Crippen LogP contribution in [-0.4, -0.2) is 34.2 Å². The van der Waals surface area contributed by atoms with Crippen LogP contribution in [-0.2, 0) is 9.63 Å². The molecule has 4 nitrogen and oxygen atoms in total. The molecule has 5 heteroatoms. The van der Waals surface area contributed by atoms with Gasteiger partial charge in [0.1, 0.15) is 12.4 Å². The Morgan fingerprint density at radius 2 is 2.13 bits per heavy atom. The normalized spacial score (nSPS) is 24.0. The molecule has 3 atom stereocenters. The standard InChI is InChI=1S/C18H31NO3S/c1-6-9-15(19-22-7-2)17-16(20)11-14(13(5)18(17)21)10-12(4)23-8-3/h12-14,21H,6-11H2,1-5H3. The highest BCUT2D eigenvalue weighted by Gasteiger charge is 2.36. The van der Waals surface area contributed by atoms with Crippen molar-refractivity contribution < 1.29 is 14.7 Å². The van der Waals surface area contributed by atoms with Gasteiger partial charge in [0.25, 0.3) is 0 Å². The zero-order valence-electron chi connectivity index (χ0n) is 15.1. The third kappa shape index (κ3) is 5.55. The van der Waals surface area contributed by atoms with E-state index in [1.54, 1.807) is 0 Å². The molecule has 23 heavy (non-hydrogen) atoms. The van der Waals surface area contributed by atoms with Crippen LogP contribution in [0.1, 0.15) is 60.3 Å². The number of Topliss-reactive ketones (excluding diaryl/α,β-unsaturated/α-hetero) is 1. The summed E-state index contributed by atoms with van der Waals surface area (Å²) in [7, 11) is 0. The first kappa shape index (κ1) is 20.1. The molecule has 0 spiro atoms. The van der Waals surface area contributed by atoms with Gasteiger partial charge in [-0.25, -0.2) is 0 Å². The number of allylic oxidation sites excluding steroid dienone is 2. The van der Waals surface area contributed by atoms with Crippen LogP contribution < -0.4 is 0 Å². The van der Waals surface area contributed by atoms with Crippen molar-refractivity contribution in [2.75, 3.05) is 12.4 Å². The number of oxime groups is 1. The van der Waals surface area contributed by atoms with E-state index < -0.39 is 0 Å². The molecule has 1 aliphatic rings. The van der Waals surface area contributed by atoms with Gasteiger partial charge in [0.2, 0.25) is 0 Å². The summed E-state index contributed by atoms with van der Waals surface area (Å²) in [4.78, 5) is 17.8. The maximum Gasteiger partial charge on any atom is 0.168 e. The van der Waals surface area contributed by atoms with Gasteiger partial charge in [-0.2, -0.15) is 11.8 Å². The fraction of sp³-hybridized carbons (Fsp3) is 0.778. The van der Waals surface area contributed by atoms with Gasteiger partial charge in [-0.05, 0) is 31.4 Å². The molecule has 1 rings (SSSR count). The van der Waals surface area contributed by atoms with E-state index in [0.29, 0.717) is 36.0 Å². The van der Waals surface area contributed by atoms with Crippen LogP contribution in [0.2, 0.25) is 0 Å². The largest absolute Gasteiger partial charge is 0.511 e. The van der Waals surface area contributed by atoms with E-state index in [-0.39, 0.29) is 23.4 Å². The summed E-state index contributed by atoms with van der Waals surface area (Å²) < 4.78 is 0. The topological polar surface area (TPSA) is 58.9 Å². The van der Waals surface area contributed by atoms with Crippen LogP contribution in [0.3, 0.4) is 0 Å². The number of rotatable bonds is 9. The molecule has 0 bridgehead atoms. The summed E-state index contributed by atoms with van der Waals surface area (Å²) in [6.07, 6.45) is 2.95. The zero-order chi connectivity index (χ0) is 17.4. The van der Waals surface area contributed by atoms with Gasteiger partial charge < -0.3 is 9.94 Å². The number of aliphatic hydroxyl groups excluding tert-OH is 1. The quantitative estimate of drug-likeness (QED) is 0.486. The molecule has 1 aliphatic carbocycles. The number of nitrogens with zero attached hydrogens (tertiary/aromatic N) is 1. The summed E-state index contributed by atoms with van der Waals surface area (Å²) in [5.41, 5.74) is 0.998. The highest BCUT2D eigenvalue weighted by molar-refractivity contribution is 7.99. The maximum absolute atomic E-state index is 12.6. The smallest absolute Gasteiger partial charge is 0.168 e. The van der Waals surface area contributed by atoms with Gasteiger partial charge in [0.15, 0.2) is 5.78 Å². The molecule has 1 N–H and O–H groups in total. The van der Waals surface area contributed by atoms with E-state index in [1.807, 2.05) is 32.5 Å². The van der Waals surface area contributed by atoms with Gasteiger partial charge in [-0.3, -0.25) is 4.79 Å². The third-order valence-electron chi connectivity index (χ3n) is 4.29. The van der Waals surface area contributed by atoms with Gasteiger partial charge in [-0.15, -0.1) is 0 Å². The molecule has 0 fully saturated rings. The second-order valence-corrected chi connectivity index (χ2v) is 7.86. The number of hydrogen-bond donors (Lipinski definition) is 1. The zero-order valence-corrected chi connectivity index (χ0v) is 15.9. The van der Waals surface area contributed by atoms with E-state index in [1.165, 1.54) is 0 Å². The van der Waals surface area contributed by atoms with Crippen LogP contribution in [0.4, 0.5) is 0 Å². The average Bonchev–Trinajstić information content (AvgIpc) is 2.50. The maximum atomic E-state index is 12.6. The highest BCUT2D eigenvalue weighted by atomic mass is 32.2. The van der Waals surface area contributed by atoms with Crippen molar-refractivity contribution in [1.29, 1.82) is 0 Å². The van der Waals surface area contributed by atoms with Crippen molar-refractivity contribution in [3.05, 3.63) is 11.3 Å². The molecule has 0 saturated heterocycles. The molecule has 0 aliphatic heterocycles.